The number of pyridine rings is 1. The van der Waals surface area contributed by atoms with Crippen molar-refractivity contribution in [3.05, 3.63) is 28.0 Å². The van der Waals surface area contributed by atoms with E-state index in [-0.39, 0.29) is 5.41 Å². The number of rotatable bonds is 1. The molecule has 2 N–H and O–H groups in total. The lowest BCUT2D eigenvalue weighted by molar-refractivity contribution is 0.408. The van der Waals surface area contributed by atoms with Crippen LogP contribution in [0.3, 0.4) is 0 Å². The van der Waals surface area contributed by atoms with E-state index in [4.69, 9.17) is 5.73 Å². The smallest absolute Gasteiger partial charge is 0.138 e. The lowest BCUT2D eigenvalue weighted by Crippen LogP contribution is -2.11. The summed E-state index contributed by atoms with van der Waals surface area (Å²) in [6, 6.07) is 4.00. The van der Waals surface area contributed by atoms with Crippen molar-refractivity contribution < 1.29 is 0 Å². The third-order valence-electron chi connectivity index (χ3n) is 2.77. The van der Waals surface area contributed by atoms with E-state index < -0.39 is 0 Å². The van der Waals surface area contributed by atoms with Gasteiger partial charge in [-0.05, 0) is 46.8 Å². The number of imidazole rings is 1. The summed E-state index contributed by atoms with van der Waals surface area (Å²) < 4.78 is 3.06. The van der Waals surface area contributed by atoms with Crippen LogP contribution in [0.4, 0.5) is 5.82 Å². The fourth-order valence-electron chi connectivity index (χ4n) is 1.97. The predicted octanol–water partition coefficient (Wildman–Crippen LogP) is 3.58. The average molecular weight is 296 g/mol. The van der Waals surface area contributed by atoms with Crippen LogP contribution in [0, 0.1) is 12.3 Å². The number of fused-ring (bicyclic) bond motifs is 1. The zero-order valence-corrected chi connectivity index (χ0v) is 12.3. The van der Waals surface area contributed by atoms with Gasteiger partial charge >= 0.3 is 0 Å². The van der Waals surface area contributed by atoms with Crippen molar-refractivity contribution in [1.29, 1.82) is 0 Å². The van der Waals surface area contributed by atoms with Crippen LogP contribution in [0.2, 0.25) is 0 Å². The quantitative estimate of drug-likeness (QED) is 0.874. The van der Waals surface area contributed by atoms with Crippen molar-refractivity contribution in [3.8, 4) is 0 Å². The molecule has 0 bridgehead atoms. The Morgan fingerprint density at radius 2 is 2.00 bits per heavy atom. The molecule has 3 nitrogen and oxygen atoms in total. The molecule has 0 amide bonds. The SMILES string of the molecule is Cc1c(Br)ccc2nc(CC(C)(C)C)c(N)n12. The van der Waals surface area contributed by atoms with Gasteiger partial charge in [-0.25, -0.2) is 4.98 Å². The van der Waals surface area contributed by atoms with E-state index in [1.807, 2.05) is 23.5 Å². The maximum Gasteiger partial charge on any atom is 0.138 e. The first-order valence-electron chi connectivity index (χ1n) is 5.71. The van der Waals surface area contributed by atoms with E-state index in [2.05, 4.69) is 41.7 Å². The molecule has 2 rings (SSSR count). The Morgan fingerprint density at radius 3 is 2.59 bits per heavy atom. The first-order chi connectivity index (χ1) is 7.79. The molecule has 0 unspecified atom stereocenters. The zero-order valence-electron chi connectivity index (χ0n) is 10.7. The van der Waals surface area contributed by atoms with E-state index in [0.717, 1.165) is 33.7 Å². The molecule has 0 aromatic carbocycles. The number of halogens is 1. The van der Waals surface area contributed by atoms with Crippen molar-refractivity contribution in [1.82, 2.24) is 9.38 Å². The van der Waals surface area contributed by atoms with E-state index in [0.29, 0.717) is 0 Å². The molecule has 0 atom stereocenters. The summed E-state index contributed by atoms with van der Waals surface area (Å²) in [5.41, 5.74) is 9.38. The first kappa shape index (κ1) is 12.4. The number of nitrogen functional groups attached to an aromatic ring is 1. The lowest BCUT2D eigenvalue weighted by Gasteiger charge is -2.16. The van der Waals surface area contributed by atoms with Gasteiger partial charge in [0.2, 0.25) is 0 Å². The fraction of sp³-hybridized carbons (Fsp3) is 0.462. The zero-order chi connectivity index (χ0) is 12.8. The minimum absolute atomic E-state index is 0.192. The number of nitrogens with two attached hydrogens (primary N) is 1. The maximum atomic E-state index is 6.20. The van der Waals surface area contributed by atoms with Gasteiger partial charge in [0, 0.05) is 10.2 Å². The van der Waals surface area contributed by atoms with Crippen molar-refractivity contribution >= 4 is 27.4 Å². The average Bonchev–Trinajstić information content (AvgIpc) is 2.48. The van der Waals surface area contributed by atoms with E-state index in [9.17, 15) is 0 Å². The van der Waals surface area contributed by atoms with Gasteiger partial charge in [0.15, 0.2) is 0 Å². The summed E-state index contributed by atoms with van der Waals surface area (Å²) in [4.78, 5) is 4.62. The largest absolute Gasteiger partial charge is 0.383 e. The molecule has 17 heavy (non-hydrogen) atoms. The van der Waals surface area contributed by atoms with Gasteiger partial charge in [-0.1, -0.05) is 20.8 Å². The Labute approximate surface area is 110 Å². The third kappa shape index (κ3) is 2.32. The van der Waals surface area contributed by atoms with E-state index >= 15 is 0 Å². The molecule has 0 aliphatic carbocycles. The molecule has 0 aliphatic heterocycles. The van der Waals surface area contributed by atoms with Gasteiger partial charge in [-0.3, -0.25) is 4.40 Å². The van der Waals surface area contributed by atoms with Crippen molar-refractivity contribution in [3.63, 3.8) is 0 Å². The highest BCUT2D eigenvalue weighted by atomic mass is 79.9. The van der Waals surface area contributed by atoms with Crippen LogP contribution in [0.5, 0.6) is 0 Å². The van der Waals surface area contributed by atoms with Crippen molar-refractivity contribution in [2.45, 2.75) is 34.1 Å². The van der Waals surface area contributed by atoms with Crippen molar-refractivity contribution in [2.75, 3.05) is 5.73 Å². The summed E-state index contributed by atoms with van der Waals surface area (Å²) in [6.45, 7) is 8.62. The van der Waals surface area contributed by atoms with E-state index in [1.165, 1.54) is 0 Å². The molecule has 0 saturated carbocycles. The Balaban J connectivity index is 2.62. The van der Waals surface area contributed by atoms with Gasteiger partial charge in [0.1, 0.15) is 11.5 Å². The number of anilines is 1. The molecule has 0 aliphatic rings. The molecule has 2 aromatic heterocycles. The highest BCUT2D eigenvalue weighted by Gasteiger charge is 2.18. The number of aryl methyl sites for hydroxylation is 1. The summed E-state index contributed by atoms with van der Waals surface area (Å²) in [5, 5.41) is 0. The van der Waals surface area contributed by atoms with Crippen LogP contribution in [0.1, 0.15) is 32.2 Å². The van der Waals surface area contributed by atoms with Gasteiger partial charge in [-0.2, -0.15) is 0 Å². The van der Waals surface area contributed by atoms with Crippen LogP contribution < -0.4 is 5.73 Å². The van der Waals surface area contributed by atoms with Gasteiger partial charge in [0.05, 0.1) is 5.69 Å². The minimum atomic E-state index is 0.192. The molecule has 2 heterocycles. The highest BCUT2D eigenvalue weighted by Crippen LogP contribution is 2.27. The molecule has 92 valence electrons. The summed E-state index contributed by atoms with van der Waals surface area (Å²) in [6.07, 6.45) is 0.886. The van der Waals surface area contributed by atoms with Gasteiger partial charge in [-0.15, -0.1) is 0 Å². The molecular formula is C13H18BrN3. The summed E-state index contributed by atoms with van der Waals surface area (Å²) in [5.74, 6) is 0.758. The van der Waals surface area contributed by atoms with E-state index in [1.54, 1.807) is 0 Å². The fourth-order valence-corrected chi connectivity index (χ4v) is 2.28. The Kier molecular flexibility index (Phi) is 2.94. The molecule has 0 saturated heterocycles. The topological polar surface area (TPSA) is 43.3 Å². The molecular weight excluding hydrogens is 278 g/mol. The lowest BCUT2D eigenvalue weighted by atomic mass is 9.90. The van der Waals surface area contributed by atoms with Crippen LogP contribution in [0.25, 0.3) is 5.65 Å². The molecule has 0 spiro atoms. The molecule has 2 aromatic rings. The van der Waals surface area contributed by atoms with Crippen LogP contribution in [-0.2, 0) is 6.42 Å². The first-order valence-corrected chi connectivity index (χ1v) is 6.51. The second-order valence-electron chi connectivity index (χ2n) is 5.64. The number of hydrogen-bond donors (Lipinski definition) is 1. The summed E-state index contributed by atoms with van der Waals surface area (Å²) >= 11 is 3.52. The monoisotopic (exact) mass is 295 g/mol. The molecule has 4 heteroatoms. The standard InChI is InChI=1S/C13H18BrN3/c1-8-9(14)5-6-11-16-10(7-13(2,3)4)12(15)17(8)11/h5-6H,7,15H2,1-4H3. The van der Waals surface area contributed by atoms with Gasteiger partial charge in [0.25, 0.3) is 0 Å². The highest BCUT2D eigenvalue weighted by molar-refractivity contribution is 9.10. The normalized spacial score (nSPS) is 12.3. The Hall–Kier alpha value is -1.03. The maximum absolute atomic E-state index is 6.20. The van der Waals surface area contributed by atoms with Crippen LogP contribution in [-0.4, -0.2) is 9.38 Å². The van der Waals surface area contributed by atoms with Crippen LogP contribution in [0.15, 0.2) is 16.6 Å². The Bertz CT molecular complexity index is 564. The molecule has 0 radical (unpaired) electrons. The van der Waals surface area contributed by atoms with Crippen molar-refractivity contribution in [2.24, 2.45) is 5.41 Å². The number of nitrogens with zero attached hydrogens (tertiary/aromatic N) is 2. The summed E-state index contributed by atoms with van der Waals surface area (Å²) in [7, 11) is 0. The predicted molar refractivity (Wildman–Crippen MR) is 75.2 cm³/mol. The number of aromatic nitrogens is 2. The minimum Gasteiger partial charge on any atom is -0.383 e. The second-order valence-corrected chi connectivity index (χ2v) is 6.50. The third-order valence-corrected chi connectivity index (χ3v) is 3.61. The van der Waals surface area contributed by atoms with Crippen LogP contribution >= 0.6 is 15.9 Å². The number of hydrogen-bond acceptors (Lipinski definition) is 2. The molecule has 0 fully saturated rings. The second kappa shape index (κ2) is 4.02. The van der Waals surface area contributed by atoms with Gasteiger partial charge < -0.3 is 5.73 Å². The Morgan fingerprint density at radius 1 is 1.35 bits per heavy atom.